The predicted molar refractivity (Wildman–Crippen MR) is 81.0 cm³/mol. The second-order valence-electron chi connectivity index (χ2n) is 3.97. The summed E-state index contributed by atoms with van der Waals surface area (Å²) >= 11 is 7.15. The lowest BCUT2D eigenvalue weighted by Gasteiger charge is -2.11. The van der Waals surface area contributed by atoms with Crippen molar-refractivity contribution in [2.75, 3.05) is 0 Å². The third kappa shape index (κ3) is 3.41. The van der Waals surface area contributed by atoms with Crippen molar-refractivity contribution in [2.24, 2.45) is 0 Å². The minimum absolute atomic E-state index is 0.415. The van der Waals surface area contributed by atoms with E-state index in [-0.39, 0.29) is 0 Å². The molecule has 2 heterocycles. The van der Waals surface area contributed by atoms with Crippen molar-refractivity contribution in [3.05, 3.63) is 42.7 Å². The van der Waals surface area contributed by atoms with Gasteiger partial charge in [-0.15, -0.1) is 22.7 Å². The molecule has 2 aromatic heterocycles. The van der Waals surface area contributed by atoms with E-state index < -0.39 is 0 Å². The summed E-state index contributed by atoms with van der Waals surface area (Å²) in [6, 6.07) is 6.94. The van der Waals surface area contributed by atoms with Crippen LogP contribution in [-0.2, 0) is 13.0 Å². The van der Waals surface area contributed by atoms with Crippen LogP contribution in [0.4, 0.5) is 0 Å². The van der Waals surface area contributed by atoms with Crippen LogP contribution >= 0.6 is 38.6 Å². The Kier molecular flexibility index (Phi) is 4.79. The van der Waals surface area contributed by atoms with Crippen molar-refractivity contribution in [3.63, 3.8) is 0 Å². The predicted octanol–water partition coefficient (Wildman–Crippen LogP) is 4.99. The van der Waals surface area contributed by atoms with Gasteiger partial charge in [-0.25, -0.2) is 0 Å². The molecule has 1 atom stereocenters. The van der Waals surface area contributed by atoms with Crippen LogP contribution in [0.1, 0.15) is 35.2 Å². The molecule has 0 aliphatic heterocycles. The Bertz CT molecular complexity index is 475. The van der Waals surface area contributed by atoms with Gasteiger partial charge in [0.1, 0.15) is 0 Å². The first kappa shape index (κ1) is 13.3. The van der Waals surface area contributed by atoms with E-state index >= 15 is 0 Å². The number of rotatable bonds is 5. The van der Waals surface area contributed by atoms with Gasteiger partial charge in [-0.1, -0.05) is 6.92 Å². The zero-order valence-electron chi connectivity index (χ0n) is 10.00. The summed E-state index contributed by atoms with van der Waals surface area (Å²) in [4.78, 5) is 2.85. The summed E-state index contributed by atoms with van der Waals surface area (Å²) in [5.74, 6) is 0. The average Bonchev–Trinajstić information content (AvgIpc) is 2.94. The van der Waals surface area contributed by atoms with Crippen LogP contribution in [-0.4, -0.2) is 0 Å². The molecule has 17 heavy (non-hydrogen) atoms. The van der Waals surface area contributed by atoms with Crippen molar-refractivity contribution >= 4 is 38.6 Å². The highest BCUT2D eigenvalue weighted by molar-refractivity contribution is 9.11. The van der Waals surface area contributed by atoms with E-state index in [2.05, 4.69) is 58.7 Å². The second-order valence-corrected chi connectivity index (χ2v) is 7.46. The summed E-state index contributed by atoms with van der Waals surface area (Å²) in [5, 5.41) is 5.77. The summed E-state index contributed by atoms with van der Waals surface area (Å²) < 4.78 is 1.20. The molecule has 0 spiro atoms. The van der Waals surface area contributed by atoms with Gasteiger partial charge in [0.05, 0.1) is 3.79 Å². The van der Waals surface area contributed by atoms with E-state index in [1.54, 1.807) is 11.3 Å². The van der Waals surface area contributed by atoms with Crippen LogP contribution < -0.4 is 5.32 Å². The molecule has 1 nitrogen and oxygen atoms in total. The van der Waals surface area contributed by atoms with E-state index in [0.29, 0.717) is 6.04 Å². The van der Waals surface area contributed by atoms with Crippen molar-refractivity contribution in [2.45, 2.75) is 32.9 Å². The van der Waals surface area contributed by atoms with Gasteiger partial charge in [0.2, 0.25) is 0 Å². The quantitative estimate of drug-likeness (QED) is 0.815. The van der Waals surface area contributed by atoms with Crippen LogP contribution in [0.15, 0.2) is 27.4 Å². The van der Waals surface area contributed by atoms with Crippen LogP contribution in [0.5, 0.6) is 0 Å². The molecule has 92 valence electrons. The fourth-order valence-corrected chi connectivity index (χ4v) is 4.12. The minimum atomic E-state index is 0.415. The Morgan fingerprint density at radius 2 is 2.18 bits per heavy atom. The average molecular weight is 330 g/mol. The first-order chi connectivity index (χ1) is 8.20. The largest absolute Gasteiger partial charge is 0.305 e. The fourth-order valence-electron chi connectivity index (χ4n) is 1.74. The minimum Gasteiger partial charge on any atom is -0.305 e. The van der Waals surface area contributed by atoms with Crippen LogP contribution in [0.3, 0.4) is 0 Å². The van der Waals surface area contributed by atoms with E-state index in [1.807, 2.05) is 11.3 Å². The van der Waals surface area contributed by atoms with E-state index in [4.69, 9.17) is 0 Å². The standard InChI is InChI=1S/C13H16BrNS2/c1-3-10-6-7-16-12(10)8-15-9(2)11-4-5-13(14)17-11/h4-7,9,15H,3,8H2,1-2H3. The zero-order valence-corrected chi connectivity index (χ0v) is 13.2. The molecule has 0 radical (unpaired) electrons. The van der Waals surface area contributed by atoms with Crippen LogP contribution in [0.2, 0.25) is 0 Å². The summed E-state index contributed by atoms with van der Waals surface area (Å²) in [7, 11) is 0. The molecule has 0 fully saturated rings. The van der Waals surface area contributed by atoms with Gasteiger partial charge in [0.25, 0.3) is 0 Å². The van der Waals surface area contributed by atoms with Gasteiger partial charge in [0, 0.05) is 22.3 Å². The zero-order chi connectivity index (χ0) is 12.3. The highest BCUT2D eigenvalue weighted by Gasteiger charge is 2.09. The van der Waals surface area contributed by atoms with Gasteiger partial charge in [-0.3, -0.25) is 0 Å². The number of aryl methyl sites for hydroxylation is 1. The third-order valence-electron chi connectivity index (χ3n) is 2.81. The highest BCUT2D eigenvalue weighted by atomic mass is 79.9. The number of hydrogen-bond donors (Lipinski definition) is 1. The molecule has 0 saturated carbocycles. The second kappa shape index (κ2) is 6.14. The Balaban J connectivity index is 1.94. The maximum atomic E-state index is 3.59. The number of thiophene rings is 2. The number of halogens is 1. The Labute approximate surface area is 119 Å². The lowest BCUT2D eigenvalue weighted by Crippen LogP contribution is -2.17. The SMILES string of the molecule is CCc1ccsc1CNC(C)c1ccc(Br)s1. The van der Waals surface area contributed by atoms with E-state index in [1.165, 1.54) is 19.1 Å². The van der Waals surface area contributed by atoms with Gasteiger partial charge < -0.3 is 5.32 Å². The first-order valence-corrected chi connectivity index (χ1v) is 8.23. The molecule has 0 aliphatic carbocycles. The summed E-state index contributed by atoms with van der Waals surface area (Å²) in [6.45, 7) is 5.40. The molecule has 0 aromatic carbocycles. The van der Waals surface area contributed by atoms with E-state index in [9.17, 15) is 0 Å². The van der Waals surface area contributed by atoms with Crippen LogP contribution in [0.25, 0.3) is 0 Å². The molecule has 4 heteroatoms. The van der Waals surface area contributed by atoms with E-state index in [0.717, 1.165) is 13.0 Å². The molecule has 1 N–H and O–H groups in total. The molecule has 0 saturated heterocycles. The van der Waals surface area contributed by atoms with Crippen LogP contribution in [0, 0.1) is 0 Å². The molecule has 0 amide bonds. The normalized spacial score (nSPS) is 12.9. The lowest BCUT2D eigenvalue weighted by molar-refractivity contribution is 0.585. The Morgan fingerprint density at radius 3 is 2.82 bits per heavy atom. The maximum Gasteiger partial charge on any atom is 0.0701 e. The number of hydrogen-bond acceptors (Lipinski definition) is 3. The van der Waals surface area contributed by atoms with Gasteiger partial charge in [0.15, 0.2) is 0 Å². The highest BCUT2D eigenvalue weighted by Crippen LogP contribution is 2.27. The third-order valence-corrected chi connectivity index (χ3v) is 5.58. The Morgan fingerprint density at radius 1 is 1.35 bits per heavy atom. The van der Waals surface area contributed by atoms with Crippen molar-refractivity contribution in [1.82, 2.24) is 5.32 Å². The number of nitrogens with one attached hydrogen (secondary N) is 1. The monoisotopic (exact) mass is 329 g/mol. The van der Waals surface area contributed by atoms with Crippen molar-refractivity contribution < 1.29 is 0 Å². The molecule has 2 rings (SSSR count). The van der Waals surface area contributed by atoms with Crippen molar-refractivity contribution in [3.8, 4) is 0 Å². The Hall–Kier alpha value is -0.160. The molecule has 1 unspecified atom stereocenters. The topological polar surface area (TPSA) is 12.0 Å². The molecule has 2 aromatic rings. The van der Waals surface area contributed by atoms with Gasteiger partial charge in [-0.05, 0) is 58.4 Å². The van der Waals surface area contributed by atoms with Gasteiger partial charge in [-0.2, -0.15) is 0 Å². The lowest BCUT2D eigenvalue weighted by atomic mass is 10.2. The first-order valence-electron chi connectivity index (χ1n) is 5.74. The summed E-state index contributed by atoms with van der Waals surface area (Å²) in [6.07, 6.45) is 1.12. The van der Waals surface area contributed by atoms with Crippen molar-refractivity contribution in [1.29, 1.82) is 0 Å². The smallest absolute Gasteiger partial charge is 0.0701 e. The maximum absolute atomic E-state index is 3.59. The molecular formula is C13H16BrNS2. The fraction of sp³-hybridized carbons (Fsp3) is 0.385. The summed E-state index contributed by atoms with van der Waals surface area (Å²) in [5.41, 5.74) is 1.47. The molecular weight excluding hydrogens is 314 g/mol. The van der Waals surface area contributed by atoms with Gasteiger partial charge >= 0.3 is 0 Å². The molecule has 0 bridgehead atoms. The molecule has 0 aliphatic rings.